The van der Waals surface area contributed by atoms with Gasteiger partial charge < -0.3 is 14.9 Å². The normalized spacial score (nSPS) is 25.0. The Morgan fingerprint density at radius 1 is 0.235 bits per heavy atom. The maximum absolute atomic E-state index is 15.8. The highest BCUT2D eigenvalue weighted by molar-refractivity contribution is 7.56. The zero-order valence-corrected chi connectivity index (χ0v) is 34.5. The highest BCUT2D eigenvalue weighted by Gasteiger charge is 3.03. The van der Waals surface area contributed by atoms with Crippen LogP contribution in [0.2, 0.25) is 0 Å². The van der Waals surface area contributed by atoms with Crippen LogP contribution in [0.1, 0.15) is 22.3 Å². The second-order valence-electron chi connectivity index (χ2n) is 24.8. The van der Waals surface area contributed by atoms with Crippen LogP contribution in [0.25, 0.3) is 291 Å². The monoisotopic (exact) mass is 858 g/mol. The van der Waals surface area contributed by atoms with E-state index in [1.165, 1.54) is 248 Å². The Morgan fingerprint density at radius 3 is 0.426 bits per heavy atom. The summed E-state index contributed by atoms with van der Waals surface area (Å²) in [6.45, 7) is 0. The van der Waals surface area contributed by atoms with Crippen LogP contribution in [0.15, 0.2) is 0 Å². The lowest BCUT2D eigenvalue weighted by molar-refractivity contribution is -0.138. The number of carboxylic acid groups (broad SMARTS) is 1. The molecule has 5 aliphatic rings. The van der Waals surface area contributed by atoms with E-state index in [-0.39, 0.29) is 0 Å². The molecule has 5 nitrogen and oxygen atoms in total. The summed E-state index contributed by atoms with van der Waals surface area (Å²) in [6.07, 6.45) is 0. The summed E-state index contributed by atoms with van der Waals surface area (Å²) < 4.78 is 15.8. The minimum Gasteiger partial charge on any atom is -0.480 e. The average molecular weight is 859 g/mol. The summed E-state index contributed by atoms with van der Waals surface area (Å²) in [4.78, 5) is 41.1. The van der Waals surface area contributed by atoms with Crippen molar-refractivity contribution < 1.29 is 24.3 Å². The second-order valence-corrected chi connectivity index (χ2v) is 26.6. The van der Waals surface area contributed by atoms with E-state index in [2.05, 4.69) is 0 Å². The van der Waals surface area contributed by atoms with Gasteiger partial charge >= 0.3 is 13.6 Å². The minimum atomic E-state index is -5.52. The lowest BCUT2D eigenvalue weighted by Crippen LogP contribution is -2.34. The molecule has 0 saturated heterocycles. The number of hydrogen-bond acceptors (Lipinski definition) is 2. The molecule has 0 amide bonds. The maximum Gasteiger partial charge on any atom is 0.345 e. The molecule has 6 heteroatoms. The molecule has 0 radical (unpaired) electrons. The first kappa shape index (κ1) is 25.3. The quantitative estimate of drug-likeness (QED) is 0.119. The van der Waals surface area contributed by atoms with Crippen LogP contribution in [0, 0.1) is 0 Å². The molecule has 28 aromatic rings. The first-order chi connectivity index (χ1) is 33.4. The lowest BCUT2D eigenvalue weighted by Gasteiger charge is -2.32. The number of aliphatic carboxylic acids is 1. The van der Waals surface area contributed by atoms with Gasteiger partial charge in [-0.1, -0.05) is 0 Å². The summed E-state index contributed by atoms with van der Waals surface area (Å²) in [6, 6.07) is 0. The Bertz CT molecular complexity index is 6740. The number of carbonyl (C=O) groups is 1. The van der Waals surface area contributed by atoms with Gasteiger partial charge in [0.2, 0.25) is 0 Å². The van der Waals surface area contributed by atoms with E-state index in [1.807, 2.05) is 0 Å². The van der Waals surface area contributed by atoms with Crippen molar-refractivity contribution in [2.45, 2.75) is 16.0 Å². The fourth-order valence-corrected chi connectivity index (χ4v) is 27.3. The Hall–Kier alpha value is -7.92. The first-order valence-corrected chi connectivity index (χ1v) is 26.1. The Morgan fingerprint density at radius 2 is 0.338 bits per heavy atom. The molecule has 0 aromatic heterocycles. The van der Waals surface area contributed by atoms with Crippen LogP contribution in [-0.2, 0) is 20.2 Å². The summed E-state index contributed by atoms with van der Waals surface area (Å²) in [5.41, 5.74) is 0.903. The zero-order chi connectivity index (χ0) is 41.1. The van der Waals surface area contributed by atoms with Gasteiger partial charge in [0.25, 0.3) is 0 Å². The van der Waals surface area contributed by atoms with Crippen molar-refractivity contribution in [1.82, 2.24) is 0 Å². The molecule has 1 fully saturated rings. The van der Waals surface area contributed by atoms with Gasteiger partial charge in [-0.3, -0.25) is 9.36 Å². The Labute approximate surface area is 365 Å². The van der Waals surface area contributed by atoms with Crippen LogP contribution in [-0.4, -0.2) is 26.0 Å². The third-order valence-electron chi connectivity index (χ3n) is 25.1. The Kier molecular flexibility index (Phi) is 1.99. The third kappa shape index (κ3) is 1.21. The molecule has 0 bridgehead atoms. The van der Waals surface area contributed by atoms with Crippen molar-refractivity contribution in [3.63, 3.8) is 0 Å². The molecule has 0 aliphatic heterocycles. The third-order valence-corrected chi connectivity index (χ3v) is 26.8. The molecule has 3 N–H and O–H groups in total. The van der Waals surface area contributed by atoms with Gasteiger partial charge in [-0.2, -0.15) is 0 Å². The van der Waals surface area contributed by atoms with Crippen molar-refractivity contribution in [3.8, 4) is 0 Å². The highest BCUT2D eigenvalue weighted by Crippen LogP contribution is 2.99. The predicted octanol–water partition coefficient (Wildman–Crippen LogP) is 15.3. The predicted molar refractivity (Wildman–Crippen MR) is 276 cm³/mol. The number of rotatable bonds is 2. The average Bonchev–Trinajstić information content (AvgIpc) is 4.25. The van der Waals surface area contributed by atoms with E-state index in [1.54, 1.807) is 0 Å². The fourth-order valence-electron chi connectivity index (χ4n) is 25.4. The minimum absolute atomic E-state index is 0.971. The van der Waals surface area contributed by atoms with E-state index in [4.69, 9.17) is 0 Å². The van der Waals surface area contributed by atoms with Crippen LogP contribution in [0.5, 0.6) is 0 Å². The van der Waals surface area contributed by atoms with Crippen LogP contribution in [0.3, 0.4) is 0 Å². The molecule has 68 heavy (non-hydrogen) atoms. The van der Waals surface area contributed by atoms with Crippen molar-refractivity contribution in [2.75, 3.05) is 0 Å². The largest absolute Gasteiger partial charge is 0.480 e. The molecule has 0 unspecified atom stereocenters. The molecule has 33 rings (SSSR count). The van der Waals surface area contributed by atoms with Crippen molar-refractivity contribution in [3.05, 3.63) is 22.3 Å². The molecule has 2 spiro atoms. The van der Waals surface area contributed by atoms with E-state index in [0.717, 1.165) is 65.3 Å². The van der Waals surface area contributed by atoms with Gasteiger partial charge in [-0.25, -0.2) is 0 Å². The highest BCUT2D eigenvalue weighted by atomic mass is 31.2. The smallest absolute Gasteiger partial charge is 0.345 e. The van der Waals surface area contributed by atoms with Gasteiger partial charge in [-0.15, -0.1) is 0 Å². The number of carboxylic acids is 1. The fraction of sp³-hybridized carbons (Fsp3) is 0.0484. The van der Waals surface area contributed by atoms with Gasteiger partial charge in [0.1, 0.15) is 0 Å². The molecule has 0 heterocycles. The molecule has 0 atom stereocenters. The first-order valence-electron chi connectivity index (χ1n) is 24.5. The Balaban J connectivity index is 1.25. The molecule has 28 aromatic carbocycles. The number of benzene rings is 18. The van der Waals surface area contributed by atoms with E-state index >= 15 is 9.36 Å². The van der Waals surface area contributed by atoms with Crippen molar-refractivity contribution in [2.24, 2.45) is 0 Å². The van der Waals surface area contributed by atoms with E-state index < -0.39 is 29.6 Å². The molecule has 1 saturated carbocycles. The summed E-state index contributed by atoms with van der Waals surface area (Å²) in [5, 5.41) is 83.9. The topological polar surface area (TPSA) is 94.8 Å². The van der Waals surface area contributed by atoms with Crippen LogP contribution < -0.4 is 0 Å². The number of hydrogen-bond donors (Lipinski definition) is 3. The molecular weight excluding hydrogens is 856 g/mol. The van der Waals surface area contributed by atoms with Gasteiger partial charge in [0, 0.05) is 0 Å². The summed E-state index contributed by atoms with van der Waals surface area (Å²) in [5.74, 6) is -1.33. The summed E-state index contributed by atoms with van der Waals surface area (Å²) >= 11 is 0. The zero-order valence-electron chi connectivity index (χ0n) is 33.6. The lowest BCUT2D eigenvalue weighted by atomic mass is 9.68. The maximum atomic E-state index is 15.8. The van der Waals surface area contributed by atoms with Crippen LogP contribution in [0.4, 0.5) is 0 Å². The van der Waals surface area contributed by atoms with Crippen LogP contribution >= 0.6 is 7.60 Å². The van der Waals surface area contributed by atoms with Gasteiger partial charge in [-0.05, 0) is 313 Å². The SMILES string of the molecule is O=C(O)C1(P(=O)(O)O)C23c4c5c6c7c8c9c(c%10c%11c2c2c4c4c%12c5c5c6c6c8c8c%13c9c9c%10c%10c%11c%11c2c2c4c4c%12c%12c5c5c6c8c6c8c%13c9c9c%10c%10c%11c2c2c4c4c%12c5c6c5c8c9c%10c2c45)C731. The standard InChI is InChI=1S/C62H3O5P/c63-59(64)62(68(65,66)67)60-55-47-39-29-19-11-3-1-2-5-9-7(3)15-23-17(9)27-21-13(5)14-6(2)10-8-4(1)12(11)20-26-16(8)24-18(10)28-22(14)32-31(21)41-35(27)45-37(23)43(33(39)25(15)19)51(55)53(45)57-49(41)50-42(32)36(28)46-38(24)44-34(26)40(30(20)29)48(47)56(60)52(44)54(46)58(50)61(57,60)62/h(H,63,64)(H2,65,66,67). The van der Waals surface area contributed by atoms with Gasteiger partial charge in [0.05, 0.1) is 10.8 Å². The second kappa shape index (κ2) is 5.35. The van der Waals surface area contributed by atoms with E-state index in [0.29, 0.717) is 0 Å². The molecule has 286 valence electrons. The van der Waals surface area contributed by atoms with E-state index in [9.17, 15) is 14.9 Å². The van der Waals surface area contributed by atoms with Crippen molar-refractivity contribution in [1.29, 1.82) is 0 Å². The molecule has 5 aliphatic carbocycles. The molecular formula is C62H3O5P. The van der Waals surface area contributed by atoms with Crippen molar-refractivity contribution >= 4 is 304 Å². The van der Waals surface area contributed by atoms with Gasteiger partial charge in [0.15, 0.2) is 5.16 Å². The summed E-state index contributed by atoms with van der Waals surface area (Å²) in [7, 11) is -5.52.